The molecule has 0 amide bonds. The van der Waals surface area contributed by atoms with Gasteiger partial charge < -0.3 is 9.84 Å². The molecule has 0 aliphatic rings. The average molecular weight is 314 g/mol. The van der Waals surface area contributed by atoms with Gasteiger partial charge in [0.25, 0.3) is 0 Å². The first kappa shape index (κ1) is 15.2. The maximum atomic E-state index is 11.7. The van der Waals surface area contributed by atoms with Crippen LogP contribution in [-0.2, 0) is 0 Å². The molecule has 0 unspecified atom stereocenters. The van der Waals surface area contributed by atoms with Gasteiger partial charge in [-0.2, -0.15) is 10.2 Å². The number of ketones is 1. The van der Waals surface area contributed by atoms with Crippen molar-refractivity contribution in [3.8, 4) is 17.0 Å². The predicted octanol–water partition coefficient (Wildman–Crippen LogP) is 2.08. The van der Waals surface area contributed by atoms with Crippen molar-refractivity contribution in [1.82, 2.24) is 19.8 Å². The Hall–Kier alpha value is -2.67. The van der Waals surface area contributed by atoms with E-state index in [1.54, 1.807) is 49.1 Å². The Morgan fingerprint density at radius 3 is 2.78 bits per heavy atom. The van der Waals surface area contributed by atoms with Crippen molar-refractivity contribution >= 4 is 11.3 Å². The number of carbonyl (C=O) groups is 1. The molecular weight excluding hydrogens is 296 g/mol. The Kier molecular flexibility index (Phi) is 3.65. The molecule has 3 aromatic heterocycles. The van der Waals surface area contributed by atoms with Crippen LogP contribution in [0.5, 0.6) is 5.75 Å². The summed E-state index contributed by atoms with van der Waals surface area (Å²) >= 11 is 0. The van der Waals surface area contributed by atoms with Crippen LogP contribution >= 0.6 is 0 Å². The minimum atomic E-state index is -0.961. The molecule has 0 aromatic carbocycles. The van der Waals surface area contributed by atoms with Crippen LogP contribution in [-0.4, -0.2) is 42.9 Å². The molecule has 23 heavy (non-hydrogen) atoms. The minimum absolute atomic E-state index is 0.0525. The molecule has 0 saturated carbocycles. The molecule has 0 saturated heterocycles. The van der Waals surface area contributed by atoms with Gasteiger partial charge in [0.05, 0.1) is 29.1 Å². The van der Waals surface area contributed by atoms with E-state index in [1.165, 1.54) is 6.92 Å². The van der Waals surface area contributed by atoms with Crippen molar-refractivity contribution in [1.29, 1.82) is 0 Å². The second kappa shape index (κ2) is 5.51. The Morgan fingerprint density at radius 2 is 2.17 bits per heavy atom. The number of rotatable bonds is 5. The lowest BCUT2D eigenvalue weighted by atomic mass is 10.1. The van der Waals surface area contributed by atoms with Crippen molar-refractivity contribution in [3.63, 3.8) is 0 Å². The normalized spacial score (nSPS) is 11.8. The van der Waals surface area contributed by atoms with Gasteiger partial charge in [0.15, 0.2) is 5.78 Å². The van der Waals surface area contributed by atoms with E-state index in [0.717, 1.165) is 5.56 Å². The standard InChI is InChI=1S/C16H18N4O3/c1-10(21)12-8-19-20-13(12)4-5-14(23-9-16(2,3)22)15(20)11-6-17-18-7-11/h4-8,22H,9H2,1-3H3,(H,17,18). The number of pyridine rings is 1. The van der Waals surface area contributed by atoms with E-state index in [0.29, 0.717) is 22.5 Å². The Bertz CT molecular complexity index is 844. The fourth-order valence-corrected chi connectivity index (χ4v) is 2.32. The van der Waals surface area contributed by atoms with Crippen LogP contribution in [0.25, 0.3) is 16.8 Å². The highest BCUT2D eigenvalue weighted by Gasteiger charge is 2.20. The quantitative estimate of drug-likeness (QED) is 0.703. The second-order valence-electron chi connectivity index (χ2n) is 6.05. The van der Waals surface area contributed by atoms with Crippen LogP contribution in [0.15, 0.2) is 30.7 Å². The van der Waals surface area contributed by atoms with Gasteiger partial charge in [-0.3, -0.25) is 9.89 Å². The third-order valence-corrected chi connectivity index (χ3v) is 3.38. The lowest BCUT2D eigenvalue weighted by Crippen LogP contribution is -2.28. The summed E-state index contributed by atoms with van der Waals surface area (Å²) in [5.41, 5.74) is 1.73. The number of aromatic nitrogens is 4. The van der Waals surface area contributed by atoms with E-state index in [4.69, 9.17) is 4.74 Å². The van der Waals surface area contributed by atoms with E-state index in [9.17, 15) is 9.90 Å². The topological polar surface area (TPSA) is 92.5 Å². The number of aliphatic hydroxyl groups is 1. The number of hydrogen-bond donors (Lipinski definition) is 2. The summed E-state index contributed by atoms with van der Waals surface area (Å²) in [6, 6.07) is 3.56. The largest absolute Gasteiger partial charge is 0.488 e. The Labute approximate surface area is 132 Å². The van der Waals surface area contributed by atoms with Gasteiger partial charge in [0.1, 0.15) is 18.1 Å². The number of nitrogens with one attached hydrogen (secondary N) is 1. The molecule has 0 aliphatic carbocycles. The van der Waals surface area contributed by atoms with E-state index < -0.39 is 5.60 Å². The van der Waals surface area contributed by atoms with E-state index in [-0.39, 0.29) is 12.4 Å². The zero-order valence-electron chi connectivity index (χ0n) is 13.2. The SMILES string of the molecule is CC(=O)c1cnn2c(-c3cn[nH]c3)c(OCC(C)(C)O)ccc12. The third-order valence-electron chi connectivity index (χ3n) is 3.38. The molecule has 7 heteroatoms. The number of carbonyl (C=O) groups excluding carboxylic acids is 1. The monoisotopic (exact) mass is 314 g/mol. The minimum Gasteiger partial charge on any atom is -0.488 e. The van der Waals surface area contributed by atoms with Crippen molar-refractivity contribution in [3.05, 3.63) is 36.3 Å². The molecule has 7 nitrogen and oxygen atoms in total. The van der Waals surface area contributed by atoms with Gasteiger partial charge in [0.2, 0.25) is 0 Å². The van der Waals surface area contributed by atoms with E-state index >= 15 is 0 Å². The maximum absolute atomic E-state index is 11.7. The summed E-state index contributed by atoms with van der Waals surface area (Å²) in [6.45, 7) is 4.98. The molecule has 3 rings (SSSR count). The molecule has 0 fully saturated rings. The molecule has 0 bridgehead atoms. The number of nitrogens with zero attached hydrogens (tertiary/aromatic N) is 3. The van der Waals surface area contributed by atoms with Crippen molar-refractivity contribution in [2.24, 2.45) is 0 Å². The maximum Gasteiger partial charge on any atom is 0.163 e. The van der Waals surface area contributed by atoms with Gasteiger partial charge in [0, 0.05) is 11.8 Å². The number of ether oxygens (including phenoxy) is 1. The lowest BCUT2D eigenvalue weighted by molar-refractivity contribution is 0.0285. The van der Waals surface area contributed by atoms with Crippen LogP contribution in [0, 0.1) is 0 Å². The van der Waals surface area contributed by atoms with Crippen molar-refractivity contribution in [2.45, 2.75) is 26.4 Å². The smallest absolute Gasteiger partial charge is 0.163 e. The predicted molar refractivity (Wildman–Crippen MR) is 84.6 cm³/mol. The van der Waals surface area contributed by atoms with Gasteiger partial charge in [-0.1, -0.05) is 0 Å². The molecule has 120 valence electrons. The number of H-pyrrole nitrogens is 1. The summed E-state index contributed by atoms with van der Waals surface area (Å²) in [6.07, 6.45) is 4.92. The van der Waals surface area contributed by atoms with Gasteiger partial charge in [-0.25, -0.2) is 4.52 Å². The first-order valence-corrected chi connectivity index (χ1v) is 7.23. The van der Waals surface area contributed by atoms with Crippen LogP contribution in [0.2, 0.25) is 0 Å². The fraction of sp³-hybridized carbons (Fsp3) is 0.312. The summed E-state index contributed by atoms with van der Waals surface area (Å²) in [4.78, 5) is 11.7. The van der Waals surface area contributed by atoms with Gasteiger partial charge in [-0.15, -0.1) is 0 Å². The average Bonchev–Trinajstić information content (AvgIpc) is 3.12. The zero-order valence-corrected chi connectivity index (χ0v) is 13.2. The first-order valence-electron chi connectivity index (χ1n) is 7.23. The second-order valence-corrected chi connectivity index (χ2v) is 6.05. The van der Waals surface area contributed by atoms with Crippen LogP contribution in [0.3, 0.4) is 0 Å². The third kappa shape index (κ3) is 2.95. The number of Topliss-reactive ketones (excluding diaryl/α,β-unsaturated/α-hetero) is 1. The molecule has 0 spiro atoms. The zero-order chi connectivity index (χ0) is 16.6. The molecular formula is C16H18N4O3. The lowest BCUT2D eigenvalue weighted by Gasteiger charge is -2.19. The number of fused-ring (bicyclic) bond motifs is 1. The number of aromatic amines is 1. The molecule has 3 heterocycles. The van der Waals surface area contributed by atoms with Crippen molar-refractivity contribution < 1.29 is 14.6 Å². The van der Waals surface area contributed by atoms with Crippen molar-refractivity contribution in [2.75, 3.05) is 6.61 Å². The van der Waals surface area contributed by atoms with Crippen LogP contribution < -0.4 is 4.74 Å². The first-order chi connectivity index (χ1) is 10.9. The van der Waals surface area contributed by atoms with Gasteiger partial charge in [-0.05, 0) is 32.9 Å². The molecule has 0 radical (unpaired) electrons. The Balaban J connectivity index is 2.17. The summed E-state index contributed by atoms with van der Waals surface area (Å²) in [7, 11) is 0. The highest BCUT2D eigenvalue weighted by atomic mass is 16.5. The van der Waals surface area contributed by atoms with Crippen LogP contribution in [0.1, 0.15) is 31.1 Å². The number of hydrogen-bond acceptors (Lipinski definition) is 5. The fourth-order valence-electron chi connectivity index (χ4n) is 2.32. The summed E-state index contributed by atoms with van der Waals surface area (Å²) < 4.78 is 7.42. The van der Waals surface area contributed by atoms with E-state index in [1.807, 2.05) is 0 Å². The van der Waals surface area contributed by atoms with E-state index in [2.05, 4.69) is 15.3 Å². The Morgan fingerprint density at radius 1 is 1.39 bits per heavy atom. The molecule has 0 aliphatic heterocycles. The highest BCUT2D eigenvalue weighted by molar-refractivity contribution is 6.01. The highest BCUT2D eigenvalue weighted by Crippen LogP contribution is 2.31. The summed E-state index contributed by atoms with van der Waals surface area (Å²) in [5, 5.41) is 20.9. The van der Waals surface area contributed by atoms with Crippen LogP contribution in [0.4, 0.5) is 0 Å². The molecule has 2 N–H and O–H groups in total. The molecule has 3 aromatic rings. The summed E-state index contributed by atoms with van der Waals surface area (Å²) in [5.74, 6) is 0.502. The molecule has 0 atom stereocenters. The van der Waals surface area contributed by atoms with Gasteiger partial charge >= 0.3 is 0 Å².